The zero-order valence-corrected chi connectivity index (χ0v) is 23.1. The second-order valence-electron chi connectivity index (χ2n) is 9.06. The molecule has 0 aromatic heterocycles. The van der Waals surface area contributed by atoms with Gasteiger partial charge in [0.15, 0.2) is 0 Å². The fourth-order valence-electron chi connectivity index (χ4n) is 5.31. The van der Waals surface area contributed by atoms with Crippen molar-refractivity contribution >= 4 is 23.8 Å². The molecule has 4 aromatic rings. The van der Waals surface area contributed by atoms with Crippen LogP contribution in [0.15, 0.2) is 139 Å². The van der Waals surface area contributed by atoms with Crippen LogP contribution in [0, 0.1) is 0 Å². The summed E-state index contributed by atoms with van der Waals surface area (Å²) in [6.07, 6.45) is 1.37. The molecule has 0 saturated heterocycles. The van der Waals surface area contributed by atoms with E-state index in [2.05, 4.69) is 6.58 Å². The predicted molar refractivity (Wildman–Crippen MR) is 151 cm³/mol. The second-order valence-corrected chi connectivity index (χ2v) is 12.5. The third-order valence-electron chi connectivity index (χ3n) is 7.04. The van der Waals surface area contributed by atoms with E-state index in [4.69, 9.17) is 9.48 Å². The summed E-state index contributed by atoms with van der Waals surface area (Å²) < 4.78 is 10.0. The number of carbonyl (C=O) groups excluding carboxylic acids is 1. The van der Waals surface area contributed by atoms with Gasteiger partial charge in [-0.3, -0.25) is 0 Å². The summed E-state index contributed by atoms with van der Waals surface area (Å²) >= 11 is 0. The Hall–Kier alpha value is -3.12. The van der Waals surface area contributed by atoms with Gasteiger partial charge in [-0.1, -0.05) is 145 Å². The molecule has 0 aliphatic heterocycles. The first-order valence-corrected chi connectivity index (χ1v) is 13.9. The van der Waals surface area contributed by atoms with E-state index >= 15 is 5.11 Å². The second kappa shape index (κ2) is 12.6. The summed E-state index contributed by atoms with van der Waals surface area (Å²) in [5.74, 6) is 0. The normalized spacial score (nSPS) is 12.9. The van der Waals surface area contributed by atoms with Gasteiger partial charge in [0.25, 0.3) is 0 Å². The number of benzene rings is 4. The van der Waals surface area contributed by atoms with E-state index in [1.54, 1.807) is 6.08 Å². The molecule has 1 amide bonds. The molecule has 0 heterocycles. The molecule has 1 unspecified atom stereocenters. The van der Waals surface area contributed by atoms with Crippen molar-refractivity contribution in [1.29, 1.82) is 0 Å². The van der Waals surface area contributed by atoms with Crippen LogP contribution < -0.4 is 34.6 Å². The van der Waals surface area contributed by atoms with Crippen LogP contribution in [0.4, 0.5) is 4.79 Å². The number of hydrogen-bond acceptors (Lipinski definition) is 3. The molecular weight excluding hydrogens is 484 g/mol. The fourth-order valence-corrected chi connectivity index (χ4v) is 9.85. The minimum absolute atomic E-state index is 0. The van der Waals surface area contributed by atoms with Crippen molar-refractivity contribution in [2.45, 2.75) is 24.1 Å². The van der Waals surface area contributed by atoms with Gasteiger partial charge in [0.2, 0.25) is 0 Å². The van der Waals surface area contributed by atoms with Crippen LogP contribution in [0.1, 0.15) is 24.5 Å². The first-order valence-electron chi connectivity index (χ1n) is 12.2. The quantitative estimate of drug-likeness (QED) is 0.206. The molecule has 38 heavy (non-hydrogen) atoms. The van der Waals surface area contributed by atoms with Crippen LogP contribution in [0.25, 0.3) is 0 Å². The van der Waals surface area contributed by atoms with Gasteiger partial charge < -0.3 is 9.84 Å². The van der Waals surface area contributed by atoms with E-state index in [1.165, 1.54) is 7.11 Å². The third-order valence-corrected chi connectivity index (χ3v) is 11.5. The summed E-state index contributed by atoms with van der Waals surface area (Å²) in [5.41, 5.74) is -0.607. The zero-order valence-electron chi connectivity index (χ0n) is 22.2. The summed E-state index contributed by atoms with van der Waals surface area (Å²) in [6.45, 7) is 6.03. The molecule has 188 valence electrons. The number of rotatable bonds is 8. The maximum absolute atomic E-state index is 15.9. The van der Waals surface area contributed by atoms with E-state index in [9.17, 15) is 4.79 Å². The fraction of sp³-hybridized carbons (Fsp3) is 0.156. The number of methoxy groups -OCH3 is 1. The van der Waals surface area contributed by atoms with Crippen LogP contribution in [0.3, 0.4) is 0 Å². The Balaban J connectivity index is 0.00000400. The number of nitrogens with zero attached hydrogens (tertiary/aromatic N) is 1. The molecule has 4 aromatic carbocycles. The van der Waals surface area contributed by atoms with E-state index < -0.39 is 23.9 Å². The van der Waals surface area contributed by atoms with Crippen molar-refractivity contribution < 1.29 is 33.5 Å². The van der Waals surface area contributed by atoms with Gasteiger partial charge in [-0.15, -0.1) is 6.58 Å². The molecule has 0 N–H and O–H groups in total. The van der Waals surface area contributed by atoms with Gasteiger partial charge in [-0.2, -0.15) is 4.74 Å². The maximum Gasteiger partial charge on any atom is 1.00 e. The molecule has 0 radical (unpaired) electrons. The van der Waals surface area contributed by atoms with Crippen LogP contribution in [-0.2, 0) is 10.3 Å². The summed E-state index contributed by atoms with van der Waals surface area (Å²) in [4.78, 5) is 13.1. The van der Waals surface area contributed by atoms with Crippen molar-refractivity contribution in [3.63, 3.8) is 0 Å². The number of allylic oxidation sites excluding steroid dienone is 1. The molecule has 0 aliphatic rings. The molecule has 0 aliphatic carbocycles. The topological polar surface area (TPSA) is 61.7 Å². The van der Waals surface area contributed by atoms with Crippen LogP contribution in [0.5, 0.6) is 0 Å². The number of hydrogen-bond donors (Lipinski definition) is 0. The molecule has 0 spiro atoms. The van der Waals surface area contributed by atoms with Crippen molar-refractivity contribution in [2.75, 3.05) is 7.11 Å². The van der Waals surface area contributed by atoms with Crippen LogP contribution in [0.2, 0.25) is 0 Å². The Morgan fingerprint density at radius 1 is 0.816 bits per heavy atom. The van der Waals surface area contributed by atoms with Gasteiger partial charge in [-0.05, 0) is 22.6 Å². The Labute approximate surface area is 237 Å². The van der Waals surface area contributed by atoms with E-state index in [0.29, 0.717) is 17.5 Å². The van der Waals surface area contributed by atoms with Crippen molar-refractivity contribution in [3.05, 3.63) is 145 Å². The standard InChI is InChI=1S/C32H31NO3P.Li/c1-4-25-31(2,32(35,26-17-9-5-10-18-26)27-19-11-6-12-20-27)37(33-30(34)36-3,28-21-13-7-14-22-28)29-23-15-8-16-24-29;/h4-24H,1,25H2,2-3H3;/q-1;+1. The molecule has 1 atom stereocenters. The average molecular weight is 516 g/mol. The van der Waals surface area contributed by atoms with Crippen LogP contribution >= 0.6 is 7.05 Å². The van der Waals surface area contributed by atoms with Gasteiger partial charge in [0.1, 0.15) is 0 Å². The Morgan fingerprint density at radius 2 is 1.18 bits per heavy atom. The summed E-state index contributed by atoms with van der Waals surface area (Å²) in [7, 11) is -1.88. The van der Waals surface area contributed by atoms with E-state index in [-0.39, 0.29) is 18.9 Å². The minimum Gasteiger partial charge on any atom is -0.842 e. The molecule has 0 fully saturated rings. The SMILES string of the molecule is C=CCC(C)(C([O-])(c1ccccc1)c1ccccc1)P(=NC(=O)OC)(c1ccccc1)c1ccccc1.[Li+]. The Kier molecular flexibility index (Phi) is 9.77. The van der Waals surface area contributed by atoms with Crippen molar-refractivity contribution in [2.24, 2.45) is 4.74 Å². The van der Waals surface area contributed by atoms with Crippen molar-refractivity contribution in [1.82, 2.24) is 0 Å². The van der Waals surface area contributed by atoms with E-state index in [0.717, 1.165) is 10.6 Å². The van der Waals surface area contributed by atoms with Gasteiger partial charge in [0, 0.05) is 12.2 Å². The molecule has 0 bridgehead atoms. The zero-order chi connectivity index (χ0) is 26.4. The summed E-state index contributed by atoms with van der Waals surface area (Å²) in [5, 5.41) is 16.4. The number of amides is 1. The minimum atomic E-state index is -3.20. The molecule has 4 nitrogen and oxygen atoms in total. The molecule has 4 rings (SSSR count). The van der Waals surface area contributed by atoms with Gasteiger partial charge >= 0.3 is 25.0 Å². The Morgan fingerprint density at radius 3 is 1.53 bits per heavy atom. The van der Waals surface area contributed by atoms with Crippen LogP contribution in [-0.4, -0.2) is 18.4 Å². The largest absolute Gasteiger partial charge is 1.00 e. The molecule has 6 heteroatoms. The smallest absolute Gasteiger partial charge is 0.842 e. The number of ether oxygens (including phenoxy) is 1. The van der Waals surface area contributed by atoms with Gasteiger partial charge in [0.05, 0.1) is 7.11 Å². The Bertz CT molecular complexity index is 1310. The first-order chi connectivity index (χ1) is 17.9. The number of carbonyl (C=O) groups is 1. The first kappa shape index (κ1) is 29.4. The van der Waals surface area contributed by atoms with E-state index in [1.807, 2.05) is 128 Å². The molecule has 0 saturated carbocycles. The molecular formula is C32H31LiNO3P. The maximum atomic E-state index is 15.9. The van der Waals surface area contributed by atoms with Crippen molar-refractivity contribution in [3.8, 4) is 0 Å². The monoisotopic (exact) mass is 515 g/mol. The summed E-state index contributed by atoms with van der Waals surface area (Å²) in [6, 6.07) is 38.2. The third kappa shape index (κ3) is 4.98. The average Bonchev–Trinajstić information content (AvgIpc) is 2.97. The van der Waals surface area contributed by atoms with Gasteiger partial charge in [-0.25, -0.2) is 4.79 Å². The predicted octanol–water partition coefficient (Wildman–Crippen LogP) is 3.25.